The Kier molecular flexibility index (Phi) is 1.13. The average Bonchev–Trinajstić information content (AvgIpc) is 2.55. The van der Waals surface area contributed by atoms with E-state index in [0.29, 0.717) is 0 Å². The maximum absolute atomic E-state index is 11.6. The largest absolute Gasteiger partial charge is 0.497 e. The van der Waals surface area contributed by atoms with Gasteiger partial charge < -0.3 is 9.84 Å². The first-order valence-electron chi connectivity index (χ1n) is 9.54. The normalized spacial score (nSPS) is 23.4. The summed E-state index contributed by atoms with van der Waals surface area (Å²) in [6, 6.07) is -4.69. The number of ether oxygens (including phenoxy) is 1. The Morgan fingerprint density at radius 1 is 1.41 bits per heavy atom. The molecule has 0 heterocycles. The molecule has 0 amide bonds. The first kappa shape index (κ1) is 4.33. The molecule has 1 unspecified atom stereocenters. The average molecular weight is 240 g/mol. The monoisotopic (exact) mass is 240 g/mol. The van der Waals surface area contributed by atoms with Gasteiger partial charge in [-0.15, -0.1) is 0 Å². The van der Waals surface area contributed by atoms with Crippen LogP contribution in [0.5, 0.6) is 5.75 Å². The molecular formula is C14H14O3. The van der Waals surface area contributed by atoms with Crippen molar-refractivity contribution >= 4 is 16.7 Å². The van der Waals surface area contributed by atoms with Gasteiger partial charge in [0.25, 0.3) is 0 Å². The van der Waals surface area contributed by atoms with Crippen LogP contribution in [0.3, 0.4) is 0 Å². The van der Waals surface area contributed by atoms with Crippen molar-refractivity contribution in [2.24, 2.45) is 0 Å². The van der Waals surface area contributed by atoms with Crippen molar-refractivity contribution in [3.8, 4) is 5.75 Å². The van der Waals surface area contributed by atoms with E-state index in [1.165, 1.54) is 0 Å². The molecule has 3 nitrogen and oxygen atoms in total. The fourth-order valence-electron chi connectivity index (χ4n) is 1.19. The molecule has 2 aromatic rings. The molecule has 0 aliphatic rings. The highest BCUT2D eigenvalue weighted by molar-refractivity contribution is 5.86. The molecule has 0 aliphatic carbocycles. The molecule has 17 heavy (non-hydrogen) atoms. The molecule has 0 saturated heterocycles. The topological polar surface area (TPSA) is 46.5 Å². The Labute approximate surface area is 114 Å². The summed E-state index contributed by atoms with van der Waals surface area (Å²) in [5.74, 6) is -5.97. The summed E-state index contributed by atoms with van der Waals surface area (Å²) in [4.78, 5) is 11.6. The van der Waals surface area contributed by atoms with Gasteiger partial charge in [-0.1, -0.05) is 24.2 Å². The minimum atomic E-state index is -3.49. The highest BCUT2D eigenvalue weighted by Gasteiger charge is 2.13. The molecule has 0 spiro atoms. The maximum Gasteiger partial charge on any atom is 0.310 e. The van der Waals surface area contributed by atoms with Crippen LogP contribution < -0.4 is 4.74 Å². The van der Waals surface area contributed by atoms with Gasteiger partial charge in [0.2, 0.25) is 0 Å². The van der Waals surface area contributed by atoms with Crippen molar-refractivity contribution in [3.05, 3.63) is 41.8 Å². The Balaban J connectivity index is 3.21. The fraction of sp³-hybridized carbons (Fsp3) is 0.214. The molecule has 0 saturated carbocycles. The molecule has 88 valence electrons. The van der Waals surface area contributed by atoms with Gasteiger partial charge in [-0.3, -0.25) is 4.79 Å². The van der Waals surface area contributed by atoms with E-state index in [2.05, 4.69) is 0 Å². The number of hydrogen-bond acceptors (Lipinski definition) is 2. The van der Waals surface area contributed by atoms with E-state index in [1.54, 1.807) is 0 Å². The van der Waals surface area contributed by atoms with E-state index in [1.807, 2.05) is 0 Å². The minimum Gasteiger partial charge on any atom is -0.497 e. The molecule has 2 aromatic carbocycles. The third-order valence-corrected chi connectivity index (χ3v) is 2.02. The molecule has 0 radical (unpaired) electrons. The van der Waals surface area contributed by atoms with Crippen LogP contribution >= 0.6 is 0 Å². The van der Waals surface area contributed by atoms with Crippen molar-refractivity contribution in [1.29, 1.82) is 0 Å². The highest BCUT2D eigenvalue weighted by atomic mass is 16.5. The lowest BCUT2D eigenvalue weighted by Gasteiger charge is -2.08. The molecule has 0 aliphatic heterocycles. The predicted octanol–water partition coefficient (Wildman–Crippen LogP) is 3.04. The number of carbonyl (C=O) groups is 1. The Morgan fingerprint density at radius 2 is 2.12 bits per heavy atom. The quantitative estimate of drug-likeness (QED) is 0.897. The lowest BCUT2D eigenvalue weighted by atomic mass is 9.98. The molecule has 2 rings (SSSR count). The summed E-state index contributed by atoms with van der Waals surface area (Å²) in [6.07, 6.45) is 0. The van der Waals surface area contributed by atoms with E-state index in [-0.39, 0.29) is 5.75 Å². The van der Waals surface area contributed by atoms with Gasteiger partial charge in [-0.05, 0) is 35.3 Å². The summed E-state index contributed by atoms with van der Waals surface area (Å²) >= 11 is 0. The fourth-order valence-corrected chi connectivity index (χ4v) is 1.19. The highest BCUT2D eigenvalue weighted by Crippen LogP contribution is 2.25. The van der Waals surface area contributed by atoms with Crippen molar-refractivity contribution < 1.29 is 28.3 Å². The third-order valence-electron chi connectivity index (χ3n) is 2.02. The number of benzene rings is 2. The standard InChI is InChI=1S/C14H14O3/c1-9(14(15)16)10-3-4-12-8-13(17-2)6-5-11(12)7-10/h3-9H,1-2H3,(H,15,16)/i1D3,3D,4D,5D,6D,7D,8D,9D. The second-order valence-electron chi connectivity index (χ2n) is 3.09. The molecule has 0 aromatic heterocycles. The van der Waals surface area contributed by atoms with Crippen LogP contribution in [0.1, 0.15) is 32.0 Å². The van der Waals surface area contributed by atoms with E-state index in [4.69, 9.17) is 18.4 Å². The van der Waals surface area contributed by atoms with Gasteiger partial charge in [0.1, 0.15) is 5.75 Å². The van der Waals surface area contributed by atoms with Crippen LogP contribution in [0.25, 0.3) is 10.8 Å². The first-order valence-corrected chi connectivity index (χ1v) is 4.54. The summed E-state index contributed by atoms with van der Waals surface area (Å²) in [5.41, 5.74) is -1.09. The summed E-state index contributed by atoms with van der Waals surface area (Å²) < 4.78 is 83.4. The second kappa shape index (κ2) is 4.45. The van der Waals surface area contributed by atoms with E-state index in [9.17, 15) is 9.90 Å². The van der Waals surface area contributed by atoms with Gasteiger partial charge >= 0.3 is 5.97 Å². The van der Waals surface area contributed by atoms with E-state index >= 15 is 0 Å². The van der Waals surface area contributed by atoms with Crippen LogP contribution in [0.4, 0.5) is 0 Å². The zero-order valence-electron chi connectivity index (χ0n) is 18.8. The molecule has 0 fully saturated rings. The first-order chi connectivity index (χ1) is 12.2. The minimum absolute atomic E-state index is 0.376. The van der Waals surface area contributed by atoms with Gasteiger partial charge in [0, 0.05) is 5.48 Å². The Morgan fingerprint density at radius 3 is 2.76 bits per heavy atom. The van der Waals surface area contributed by atoms with Crippen molar-refractivity contribution in [2.45, 2.75) is 12.7 Å². The number of rotatable bonds is 3. The second-order valence-corrected chi connectivity index (χ2v) is 3.09. The van der Waals surface area contributed by atoms with Crippen molar-refractivity contribution in [1.82, 2.24) is 0 Å². The molecular weight excluding hydrogens is 216 g/mol. The summed E-state index contributed by atoms with van der Waals surface area (Å²) in [7, 11) is 1.13. The predicted molar refractivity (Wildman–Crippen MR) is 66.6 cm³/mol. The lowest BCUT2D eigenvalue weighted by Crippen LogP contribution is -2.06. The van der Waals surface area contributed by atoms with Crippen LogP contribution in [-0.4, -0.2) is 18.2 Å². The van der Waals surface area contributed by atoms with E-state index < -0.39 is 71.3 Å². The van der Waals surface area contributed by atoms with Crippen LogP contribution in [-0.2, 0) is 4.79 Å². The van der Waals surface area contributed by atoms with Gasteiger partial charge in [0.15, 0.2) is 0 Å². The smallest absolute Gasteiger partial charge is 0.310 e. The summed E-state index contributed by atoms with van der Waals surface area (Å²) in [5, 5.41) is 8.40. The van der Waals surface area contributed by atoms with Crippen molar-refractivity contribution in [2.75, 3.05) is 7.11 Å². The van der Waals surface area contributed by atoms with E-state index in [0.717, 1.165) is 7.11 Å². The zero-order valence-corrected chi connectivity index (χ0v) is 8.76. The number of aliphatic carboxylic acids is 1. The Hall–Kier alpha value is -2.03. The van der Waals surface area contributed by atoms with Crippen LogP contribution in [0.15, 0.2) is 36.3 Å². The molecule has 1 atom stereocenters. The Bertz CT molecular complexity index is 969. The molecule has 0 bridgehead atoms. The van der Waals surface area contributed by atoms with Gasteiger partial charge in [-0.2, -0.15) is 0 Å². The van der Waals surface area contributed by atoms with Crippen LogP contribution in [0.2, 0.25) is 0 Å². The van der Waals surface area contributed by atoms with Gasteiger partial charge in [0.05, 0.1) is 21.2 Å². The maximum atomic E-state index is 11.6. The summed E-state index contributed by atoms with van der Waals surface area (Å²) in [6.45, 7) is -3.49. The zero-order chi connectivity index (χ0) is 21.1. The van der Waals surface area contributed by atoms with Crippen LogP contribution in [0, 0.1) is 0 Å². The van der Waals surface area contributed by atoms with Gasteiger partial charge in [-0.25, -0.2) is 0 Å². The number of carboxylic acid groups (broad SMARTS) is 1. The number of fused-ring (bicyclic) bond motifs is 1. The molecule has 3 heteroatoms. The SMILES string of the molecule is [2H]c1c(C([2H])(C(=O)O)C([2H])([2H])[2H])c([2H])c2c([2H])c([2H])c(OC)c([2H])c2c1[2H]. The number of hydrogen-bond donors (Lipinski definition) is 1. The third kappa shape index (κ3) is 2.23. The number of carboxylic acids is 1. The lowest BCUT2D eigenvalue weighted by molar-refractivity contribution is -0.138. The number of methoxy groups -OCH3 is 1. The van der Waals surface area contributed by atoms with Crippen molar-refractivity contribution in [3.63, 3.8) is 0 Å². The molecule has 1 N–H and O–H groups in total.